The predicted molar refractivity (Wildman–Crippen MR) is 135 cm³/mol. The lowest BCUT2D eigenvalue weighted by Crippen LogP contribution is -2.27. The van der Waals surface area contributed by atoms with Crippen LogP contribution in [0.5, 0.6) is 11.5 Å². The second kappa shape index (κ2) is 11.6. The number of ether oxygens (including phenoxy) is 2. The number of thioether (sulfide) groups is 1. The van der Waals surface area contributed by atoms with Crippen molar-refractivity contribution in [2.24, 2.45) is 0 Å². The van der Waals surface area contributed by atoms with Crippen LogP contribution >= 0.6 is 11.8 Å². The van der Waals surface area contributed by atoms with Crippen LogP contribution < -0.4 is 20.5 Å². The number of nitrogens with one attached hydrogen (secondary N) is 2. The van der Waals surface area contributed by atoms with Gasteiger partial charge in [-0.3, -0.25) is 9.78 Å². The van der Waals surface area contributed by atoms with Crippen LogP contribution in [0.1, 0.15) is 19.4 Å². The van der Waals surface area contributed by atoms with Crippen molar-refractivity contribution < 1.29 is 14.3 Å². The first-order valence-corrected chi connectivity index (χ1v) is 12.4. The number of amides is 1. The third-order valence-corrected chi connectivity index (χ3v) is 6.00. The summed E-state index contributed by atoms with van der Waals surface area (Å²) in [4.78, 5) is 32.0. The Bertz CT molecular complexity index is 1350. The number of hydrogen-bond acceptors (Lipinski definition) is 7. The maximum atomic E-state index is 12.4. The van der Waals surface area contributed by atoms with Crippen LogP contribution in [-0.4, -0.2) is 51.0 Å². The molecule has 0 bridgehead atoms. The van der Waals surface area contributed by atoms with E-state index in [9.17, 15) is 9.59 Å². The highest BCUT2D eigenvalue weighted by atomic mass is 32.2. The normalized spacial score (nSPS) is 10.9. The maximum absolute atomic E-state index is 12.4. The largest absolute Gasteiger partial charge is 0.490 e. The van der Waals surface area contributed by atoms with Gasteiger partial charge >= 0.3 is 5.69 Å². The number of benzene rings is 2. The molecule has 9 nitrogen and oxygen atoms in total. The van der Waals surface area contributed by atoms with E-state index in [4.69, 9.17) is 9.47 Å². The fourth-order valence-corrected chi connectivity index (χ4v) is 4.22. The number of hydrogen-bond donors (Lipinski definition) is 2. The Morgan fingerprint density at radius 3 is 2.63 bits per heavy atom. The molecule has 0 fully saturated rings. The number of aromatic amines is 1. The fraction of sp³-hybridized carbons (Fsp3) is 0.280. The van der Waals surface area contributed by atoms with Crippen LogP contribution in [0, 0.1) is 0 Å². The van der Waals surface area contributed by atoms with E-state index in [1.54, 1.807) is 6.20 Å². The summed E-state index contributed by atoms with van der Waals surface area (Å²) < 4.78 is 12.5. The minimum Gasteiger partial charge on any atom is -0.490 e. The van der Waals surface area contributed by atoms with Crippen molar-refractivity contribution in [1.29, 1.82) is 0 Å². The van der Waals surface area contributed by atoms with Gasteiger partial charge in [-0.25, -0.2) is 9.78 Å². The van der Waals surface area contributed by atoms with Gasteiger partial charge in [-0.05, 0) is 43.5 Å². The third-order valence-electron chi connectivity index (χ3n) is 5.13. The molecule has 35 heavy (non-hydrogen) atoms. The molecule has 0 atom stereocenters. The molecule has 0 aliphatic rings. The van der Waals surface area contributed by atoms with E-state index < -0.39 is 5.69 Å². The summed E-state index contributed by atoms with van der Waals surface area (Å²) >= 11 is 1.17. The number of H-pyrrole nitrogens is 1. The lowest BCUT2D eigenvalue weighted by atomic mass is 10.1. The number of rotatable bonds is 11. The zero-order valence-corrected chi connectivity index (χ0v) is 20.4. The Balaban J connectivity index is 1.35. The number of aromatic nitrogens is 4. The van der Waals surface area contributed by atoms with Crippen molar-refractivity contribution in [3.8, 4) is 22.6 Å². The van der Waals surface area contributed by atoms with Gasteiger partial charge < -0.3 is 14.8 Å². The summed E-state index contributed by atoms with van der Waals surface area (Å²) in [5, 5.41) is 7.41. The predicted octanol–water partition coefficient (Wildman–Crippen LogP) is 3.33. The first-order chi connectivity index (χ1) is 17.1. The summed E-state index contributed by atoms with van der Waals surface area (Å²) in [6, 6.07) is 15.4. The lowest BCUT2D eigenvalue weighted by Gasteiger charge is -2.12. The zero-order chi connectivity index (χ0) is 24.6. The van der Waals surface area contributed by atoms with Crippen LogP contribution in [0.4, 0.5) is 0 Å². The van der Waals surface area contributed by atoms with Gasteiger partial charge in [-0.2, -0.15) is 9.61 Å². The summed E-state index contributed by atoms with van der Waals surface area (Å²) in [6.45, 7) is 5.44. The quantitative estimate of drug-likeness (QED) is 0.308. The SMILES string of the molecule is CCOc1ccc(CCNC(=O)CSc2nc3c(-c4ccccc4)cnn3c(=O)[nH]2)cc1OCC. The molecule has 0 aliphatic heterocycles. The highest BCUT2D eigenvalue weighted by Crippen LogP contribution is 2.28. The average molecular weight is 494 g/mol. The van der Waals surface area contributed by atoms with Gasteiger partial charge in [0.1, 0.15) is 0 Å². The number of carbonyl (C=O) groups is 1. The monoisotopic (exact) mass is 493 g/mol. The van der Waals surface area contributed by atoms with Crippen LogP contribution in [-0.2, 0) is 11.2 Å². The fourth-order valence-electron chi connectivity index (χ4n) is 3.54. The molecule has 182 valence electrons. The molecule has 1 amide bonds. The molecular weight excluding hydrogens is 466 g/mol. The molecule has 0 unspecified atom stereocenters. The van der Waals surface area contributed by atoms with E-state index in [1.165, 1.54) is 16.3 Å². The van der Waals surface area contributed by atoms with Crippen molar-refractivity contribution >= 4 is 23.3 Å². The van der Waals surface area contributed by atoms with E-state index >= 15 is 0 Å². The Morgan fingerprint density at radius 1 is 1.09 bits per heavy atom. The highest BCUT2D eigenvalue weighted by Gasteiger charge is 2.13. The van der Waals surface area contributed by atoms with E-state index in [0.29, 0.717) is 48.5 Å². The minimum atomic E-state index is -0.402. The van der Waals surface area contributed by atoms with Gasteiger partial charge in [0.2, 0.25) is 5.91 Å². The van der Waals surface area contributed by atoms with Crippen molar-refractivity contribution in [2.75, 3.05) is 25.5 Å². The molecular formula is C25H27N5O4S. The number of nitrogens with zero attached hydrogens (tertiary/aromatic N) is 3. The molecule has 0 spiro atoms. The van der Waals surface area contributed by atoms with Crippen LogP contribution in [0.25, 0.3) is 16.8 Å². The van der Waals surface area contributed by atoms with Gasteiger partial charge in [-0.15, -0.1) is 0 Å². The van der Waals surface area contributed by atoms with Gasteiger partial charge in [0.15, 0.2) is 22.3 Å². The van der Waals surface area contributed by atoms with Gasteiger partial charge in [0, 0.05) is 12.1 Å². The van der Waals surface area contributed by atoms with Crippen LogP contribution in [0.2, 0.25) is 0 Å². The molecule has 2 aromatic carbocycles. The molecule has 2 aromatic heterocycles. The van der Waals surface area contributed by atoms with Crippen molar-refractivity contribution in [3.63, 3.8) is 0 Å². The van der Waals surface area contributed by atoms with Crippen molar-refractivity contribution in [3.05, 3.63) is 70.8 Å². The lowest BCUT2D eigenvalue weighted by molar-refractivity contribution is -0.118. The third kappa shape index (κ3) is 6.02. The molecule has 10 heteroatoms. The van der Waals surface area contributed by atoms with E-state index in [0.717, 1.165) is 16.7 Å². The number of fused-ring (bicyclic) bond motifs is 1. The molecule has 0 saturated heterocycles. The topological polar surface area (TPSA) is 111 Å². The Kier molecular flexibility index (Phi) is 8.04. The van der Waals surface area contributed by atoms with E-state index in [-0.39, 0.29) is 11.7 Å². The second-order valence-electron chi connectivity index (χ2n) is 7.54. The Morgan fingerprint density at radius 2 is 1.86 bits per heavy atom. The van der Waals surface area contributed by atoms with Gasteiger partial charge in [-0.1, -0.05) is 48.2 Å². The van der Waals surface area contributed by atoms with Crippen LogP contribution in [0.15, 0.2) is 64.7 Å². The number of carbonyl (C=O) groups excluding carboxylic acids is 1. The summed E-state index contributed by atoms with van der Waals surface area (Å²) in [5.41, 5.74) is 2.75. The van der Waals surface area contributed by atoms with E-state index in [2.05, 4.69) is 20.4 Å². The molecule has 0 saturated carbocycles. The Hall–Kier alpha value is -3.79. The highest BCUT2D eigenvalue weighted by molar-refractivity contribution is 7.99. The van der Waals surface area contributed by atoms with E-state index in [1.807, 2.05) is 62.4 Å². The maximum Gasteiger partial charge on any atom is 0.350 e. The zero-order valence-electron chi connectivity index (χ0n) is 19.6. The minimum absolute atomic E-state index is 0.126. The van der Waals surface area contributed by atoms with Gasteiger partial charge in [0.05, 0.1) is 25.2 Å². The molecule has 0 radical (unpaired) electrons. The molecule has 4 aromatic rings. The first-order valence-electron chi connectivity index (χ1n) is 11.4. The van der Waals surface area contributed by atoms with Crippen LogP contribution in [0.3, 0.4) is 0 Å². The molecule has 2 heterocycles. The molecule has 0 aliphatic carbocycles. The molecule has 2 N–H and O–H groups in total. The van der Waals surface area contributed by atoms with Crippen molar-refractivity contribution in [1.82, 2.24) is 24.9 Å². The standard InChI is InChI=1S/C25H27N5O4S/c1-3-33-20-11-10-17(14-21(20)34-4-2)12-13-26-22(31)16-35-24-28-23-19(18-8-6-5-7-9-18)15-27-30(23)25(32)29-24/h5-11,14-15H,3-4,12-13,16H2,1-2H3,(H,26,31)(H,28,29,32). The second-order valence-corrected chi connectivity index (χ2v) is 8.51. The summed E-state index contributed by atoms with van der Waals surface area (Å²) in [6.07, 6.45) is 2.27. The van der Waals surface area contributed by atoms with Crippen molar-refractivity contribution in [2.45, 2.75) is 25.4 Å². The average Bonchev–Trinajstić information content (AvgIpc) is 3.30. The van der Waals surface area contributed by atoms with Gasteiger partial charge in [0.25, 0.3) is 0 Å². The summed E-state index contributed by atoms with van der Waals surface area (Å²) in [7, 11) is 0. The first kappa shape index (κ1) is 24.3. The smallest absolute Gasteiger partial charge is 0.350 e. The molecule has 4 rings (SSSR count). The Labute approximate surface area is 206 Å². The summed E-state index contributed by atoms with van der Waals surface area (Å²) in [5.74, 6) is 1.39.